The van der Waals surface area contributed by atoms with E-state index in [0.29, 0.717) is 17.2 Å². The summed E-state index contributed by atoms with van der Waals surface area (Å²) in [6.45, 7) is 2.39. The molecule has 3 N–H and O–H groups in total. The van der Waals surface area contributed by atoms with E-state index in [1.54, 1.807) is 12.1 Å². The molecule has 0 fully saturated rings. The second kappa shape index (κ2) is 7.11. The molecular formula is C16H17ClN2O2. The van der Waals surface area contributed by atoms with E-state index in [0.717, 1.165) is 11.1 Å². The van der Waals surface area contributed by atoms with Gasteiger partial charge in [0, 0.05) is 10.6 Å². The minimum absolute atomic E-state index is 0.0222. The fourth-order valence-electron chi connectivity index (χ4n) is 1.92. The summed E-state index contributed by atoms with van der Waals surface area (Å²) in [7, 11) is 0. The Bertz CT molecular complexity index is 629. The molecule has 0 heterocycles. The number of rotatable bonds is 5. The van der Waals surface area contributed by atoms with Crippen LogP contribution in [-0.4, -0.2) is 11.0 Å². The molecular weight excluding hydrogens is 288 g/mol. The van der Waals surface area contributed by atoms with Crippen molar-refractivity contribution >= 4 is 17.4 Å². The van der Waals surface area contributed by atoms with Crippen molar-refractivity contribution in [2.45, 2.75) is 19.6 Å². The second-order valence-corrected chi connectivity index (χ2v) is 5.06. The van der Waals surface area contributed by atoms with E-state index in [1.165, 1.54) is 0 Å². The van der Waals surface area contributed by atoms with Gasteiger partial charge in [-0.15, -0.1) is 0 Å². The third kappa shape index (κ3) is 3.97. The summed E-state index contributed by atoms with van der Waals surface area (Å²) < 4.78 is 5.83. The minimum atomic E-state index is -0.0222. The first-order chi connectivity index (χ1) is 10.1. The average molecular weight is 305 g/mol. The SMILES string of the molecule is CC(OCc1ccc(/C(N)=N/O)cc1Cl)c1ccccc1. The van der Waals surface area contributed by atoms with Crippen LogP contribution in [0.5, 0.6) is 0 Å². The Morgan fingerprint density at radius 3 is 2.62 bits per heavy atom. The molecule has 2 rings (SSSR count). The Kier molecular flexibility index (Phi) is 5.20. The molecule has 0 radical (unpaired) electrons. The first-order valence-corrected chi connectivity index (χ1v) is 6.92. The summed E-state index contributed by atoms with van der Waals surface area (Å²) >= 11 is 6.19. The average Bonchev–Trinajstić information content (AvgIpc) is 2.53. The molecule has 0 spiro atoms. The quantitative estimate of drug-likeness (QED) is 0.383. The van der Waals surface area contributed by atoms with Crippen LogP contribution in [0.3, 0.4) is 0 Å². The van der Waals surface area contributed by atoms with Gasteiger partial charge in [-0.2, -0.15) is 0 Å². The number of halogens is 1. The molecule has 0 aliphatic heterocycles. The van der Waals surface area contributed by atoms with Gasteiger partial charge in [-0.3, -0.25) is 0 Å². The predicted octanol–water partition coefficient (Wildman–Crippen LogP) is 3.71. The zero-order valence-electron chi connectivity index (χ0n) is 11.7. The molecule has 0 bridgehead atoms. The number of amidine groups is 1. The van der Waals surface area contributed by atoms with Gasteiger partial charge < -0.3 is 15.7 Å². The standard InChI is InChI=1S/C16H17ClN2O2/c1-11(12-5-3-2-4-6-12)21-10-14-8-7-13(9-15(14)17)16(18)19-20/h2-9,11,20H,10H2,1H3,(H2,18,19). The van der Waals surface area contributed by atoms with E-state index < -0.39 is 0 Å². The zero-order chi connectivity index (χ0) is 15.2. The van der Waals surface area contributed by atoms with E-state index in [2.05, 4.69) is 5.16 Å². The van der Waals surface area contributed by atoms with Crippen molar-refractivity contribution in [1.29, 1.82) is 0 Å². The molecule has 0 aliphatic carbocycles. The lowest BCUT2D eigenvalue weighted by atomic mass is 10.1. The maximum atomic E-state index is 8.65. The highest BCUT2D eigenvalue weighted by Gasteiger charge is 2.09. The zero-order valence-corrected chi connectivity index (χ0v) is 12.4. The molecule has 1 atom stereocenters. The molecule has 0 amide bonds. The molecule has 0 aromatic heterocycles. The molecule has 1 unspecified atom stereocenters. The molecule has 0 aliphatic rings. The molecule has 21 heavy (non-hydrogen) atoms. The van der Waals surface area contributed by atoms with Gasteiger partial charge in [-0.05, 0) is 24.1 Å². The van der Waals surface area contributed by atoms with Crippen LogP contribution >= 0.6 is 11.6 Å². The van der Waals surface area contributed by atoms with E-state index in [-0.39, 0.29) is 11.9 Å². The van der Waals surface area contributed by atoms with Crippen molar-refractivity contribution in [3.8, 4) is 0 Å². The second-order valence-electron chi connectivity index (χ2n) is 4.66. The summed E-state index contributed by atoms with van der Waals surface area (Å²) in [6.07, 6.45) is -0.0222. The molecule has 2 aromatic carbocycles. The number of ether oxygens (including phenoxy) is 1. The lowest BCUT2D eigenvalue weighted by Crippen LogP contribution is -2.13. The fraction of sp³-hybridized carbons (Fsp3) is 0.188. The Hall–Kier alpha value is -2.04. The van der Waals surface area contributed by atoms with E-state index in [9.17, 15) is 0 Å². The molecule has 110 valence electrons. The highest BCUT2D eigenvalue weighted by atomic mass is 35.5. The van der Waals surface area contributed by atoms with Crippen molar-refractivity contribution in [3.63, 3.8) is 0 Å². The number of nitrogens with two attached hydrogens (primary N) is 1. The lowest BCUT2D eigenvalue weighted by molar-refractivity contribution is 0.0526. The third-order valence-corrected chi connectivity index (χ3v) is 3.57. The van der Waals surface area contributed by atoms with Gasteiger partial charge >= 0.3 is 0 Å². The van der Waals surface area contributed by atoms with Crippen LogP contribution in [0.15, 0.2) is 53.7 Å². The molecule has 0 saturated heterocycles. The summed E-state index contributed by atoms with van der Waals surface area (Å²) in [4.78, 5) is 0. The van der Waals surface area contributed by atoms with Crippen molar-refractivity contribution < 1.29 is 9.94 Å². The van der Waals surface area contributed by atoms with Gasteiger partial charge in [-0.25, -0.2) is 0 Å². The van der Waals surface area contributed by atoms with Gasteiger partial charge in [0.25, 0.3) is 0 Å². The van der Waals surface area contributed by atoms with Crippen molar-refractivity contribution in [2.24, 2.45) is 10.9 Å². The highest BCUT2D eigenvalue weighted by molar-refractivity contribution is 6.31. The molecule has 4 nitrogen and oxygen atoms in total. The topological polar surface area (TPSA) is 67.8 Å². The third-order valence-electron chi connectivity index (χ3n) is 3.21. The van der Waals surface area contributed by atoms with Crippen LogP contribution in [0.25, 0.3) is 0 Å². The Morgan fingerprint density at radius 1 is 1.29 bits per heavy atom. The molecule has 0 saturated carbocycles. The van der Waals surface area contributed by atoms with Crippen molar-refractivity contribution in [3.05, 3.63) is 70.2 Å². The number of oxime groups is 1. The first-order valence-electron chi connectivity index (χ1n) is 6.54. The van der Waals surface area contributed by atoms with Crippen LogP contribution in [0.4, 0.5) is 0 Å². The molecule has 5 heteroatoms. The number of nitrogens with zero attached hydrogens (tertiary/aromatic N) is 1. The van der Waals surface area contributed by atoms with Crippen LogP contribution < -0.4 is 5.73 Å². The fourth-order valence-corrected chi connectivity index (χ4v) is 2.15. The maximum absolute atomic E-state index is 8.65. The van der Waals surface area contributed by atoms with E-state index in [1.807, 2.05) is 43.3 Å². The summed E-state index contributed by atoms with van der Waals surface area (Å²) in [5, 5.41) is 12.1. The Morgan fingerprint density at radius 2 is 2.00 bits per heavy atom. The minimum Gasteiger partial charge on any atom is -0.409 e. The van der Waals surface area contributed by atoms with E-state index >= 15 is 0 Å². The first kappa shape index (κ1) is 15.4. The van der Waals surface area contributed by atoms with Crippen LogP contribution in [0.2, 0.25) is 5.02 Å². The number of hydrogen-bond acceptors (Lipinski definition) is 3. The summed E-state index contributed by atoms with van der Waals surface area (Å²) in [6, 6.07) is 15.2. The lowest BCUT2D eigenvalue weighted by Gasteiger charge is -2.14. The van der Waals surface area contributed by atoms with E-state index in [4.69, 9.17) is 27.3 Å². The van der Waals surface area contributed by atoms with Crippen LogP contribution in [0.1, 0.15) is 29.7 Å². The van der Waals surface area contributed by atoms with Crippen molar-refractivity contribution in [1.82, 2.24) is 0 Å². The van der Waals surface area contributed by atoms with Gasteiger partial charge in [-0.1, -0.05) is 59.2 Å². The monoisotopic (exact) mass is 304 g/mol. The maximum Gasteiger partial charge on any atom is 0.170 e. The smallest absolute Gasteiger partial charge is 0.170 e. The van der Waals surface area contributed by atoms with Gasteiger partial charge in [0.05, 0.1) is 12.7 Å². The largest absolute Gasteiger partial charge is 0.409 e. The summed E-state index contributed by atoms with van der Waals surface area (Å²) in [5.74, 6) is 0.0296. The highest BCUT2D eigenvalue weighted by Crippen LogP contribution is 2.23. The number of benzene rings is 2. The predicted molar refractivity (Wildman–Crippen MR) is 83.6 cm³/mol. The van der Waals surface area contributed by atoms with Crippen LogP contribution in [-0.2, 0) is 11.3 Å². The summed E-state index contributed by atoms with van der Waals surface area (Å²) in [5.41, 5.74) is 8.06. The normalized spacial score (nSPS) is 13.1. The molecule has 2 aromatic rings. The Labute approximate surface area is 128 Å². The van der Waals surface area contributed by atoms with Gasteiger partial charge in [0.15, 0.2) is 5.84 Å². The van der Waals surface area contributed by atoms with Gasteiger partial charge in [0.1, 0.15) is 0 Å². The van der Waals surface area contributed by atoms with Crippen molar-refractivity contribution in [2.75, 3.05) is 0 Å². The Balaban J connectivity index is 2.04. The van der Waals surface area contributed by atoms with Gasteiger partial charge in [0.2, 0.25) is 0 Å². The number of hydrogen-bond donors (Lipinski definition) is 2. The van der Waals surface area contributed by atoms with Crippen LogP contribution in [0, 0.1) is 0 Å².